The van der Waals surface area contributed by atoms with E-state index >= 15 is 0 Å². The van der Waals surface area contributed by atoms with Crippen molar-refractivity contribution in [2.24, 2.45) is 11.6 Å². The first kappa shape index (κ1) is 22.3. The largest absolute Gasteiger partial charge is 0.495 e. The number of benzene rings is 2. The second-order valence-electron chi connectivity index (χ2n) is 5.61. The molecule has 0 aliphatic carbocycles. The Bertz CT molecular complexity index is 653. The van der Waals surface area contributed by atoms with Gasteiger partial charge in [-0.2, -0.15) is 5.90 Å². The van der Waals surface area contributed by atoms with Crippen LogP contribution in [-0.4, -0.2) is 19.8 Å². The molecule has 0 unspecified atom stereocenters. The number of aryl methyl sites for hydroxylation is 1. The maximum Gasteiger partial charge on any atom is 0.134 e. The molecule has 0 heterocycles. The lowest BCUT2D eigenvalue weighted by atomic mass is 10.1. The van der Waals surface area contributed by atoms with Crippen LogP contribution in [0.2, 0.25) is 0 Å². The van der Waals surface area contributed by atoms with Gasteiger partial charge in [-0.05, 0) is 56.5 Å². The van der Waals surface area contributed by atoms with Crippen LogP contribution in [0.25, 0.3) is 0 Å². The fraction of sp³-hybridized carbons (Fsp3) is 0.368. The molecule has 0 radical (unpaired) electrons. The smallest absolute Gasteiger partial charge is 0.134 e. The zero-order chi connectivity index (χ0) is 19.4. The highest BCUT2D eigenvalue weighted by molar-refractivity contribution is 7.94. The number of para-hydroxylation sites is 1. The Morgan fingerprint density at radius 1 is 1.12 bits per heavy atom. The van der Waals surface area contributed by atoms with Crippen LogP contribution >= 0.6 is 12.0 Å². The highest BCUT2D eigenvalue weighted by Crippen LogP contribution is 2.31. The lowest BCUT2D eigenvalue weighted by molar-refractivity contribution is -0.195. The summed E-state index contributed by atoms with van der Waals surface area (Å²) in [5.41, 5.74) is 8.04. The summed E-state index contributed by atoms with van der Waals surface area (Å²) in [4.78, 5) is 4.85. The SMILES string of the molecule is CCOc1ccccc1C.COc1ccc(C[C@@H](C)N)cc1SOON. The van der Waals surface area contributed by atoms with Crippen LogP contribution in [0.4, 0.5) is 0 Å². The van der Waals surface area contributed by atoms with Gasteiger partial charge in [0.15, 0.2) is 0 Å². The van der Waals surface area contributed by atoms with E-state index in [0.717, 1.165) is 41.3 Å². The molecule has 0 aliphatic rings. The Morgan fingerprint density at radius 2 is 1.85 bits per heavy atom. The molecule has 0 amide bonds. The molecular formula is C19H28N2O4S. The first-order valence-electron chi connectivity index (χ1n) is 8.32. The fourth-order valence-corrected chi connectivity index (χ4v) is 2.76. The standard InChI is InChI=1S/C10H16N2O3S.C9H12O/c1-7(11)5-8-3-4-9(13-2)10(6-8)16-15-14-12;1-3-10-9-7-5-4-6-8(9)2/h3-4,6-7H,5,11-12H2,1-2H3;4-7H,3H2,1-2H3/t7-;/m1./s1. The van der Waals surface area contributed by atoms with Crippen molar-refractivity contribution in [3.8, 4) is 11.5 Å². The molecule has 0 saturated carbocycles. The zero-order valence-corrected chi connectivity index (χ0v) is 16.5. The molecule has 7 heteroatoms. The monoisotopic (exact) mass is 380 g/mol. The minimum absolute atomic E-state index is 0.109. The highest BCUT2D eigenvalue weighted by Gasteiger charge is 2.07. The van der Waals surface area contributed by atoms with Crippen molar-refractivity contribution in [3.63, 3.8) is 0 Å². The van der Waals surface area contributed by atoms with Crippen LogP contribution in [0, 0.1) is 6.92 Å². The molecule has 26 heavy (non-hydrogen) atoms. The first-order valence-corrected chi connectivity index (χ1v) is 9.06. The van der Waals surface area contributed by atoms with E-state index in [1.807, 2.05) is 63.2 Å². The van der Waals surface area contributed by atoms with Crippen LogP contribution in [0.1, 0.15) is 25.0 Å². The summed E-state index contributed by atoms with van der Waals surface area (Å²) in [7, 11) is 1.59. The number of hydrogen-bond donors (Lipinski definition) is 2. The maximum absolute atomic E-state index is 5.73. The average molecular weight is 381 g/mol. The van der Waals surface area contributed by atoms with E-state index in [0.29, 0.717) is 5.75 Å². The van der Waals surface area contributed by atoms with Crippen molar-refractivity contribution in [2.75, 3.05) is 13.7 Å². The fourth-order valence-electron chi connectivity index (χ4n) is 2.22. The zero-order valence-electron chi connectivity index (χ0n) is 15.7. The van der Waals surface area contributed by atoms with E-state index < -0.39 is 0 Å². The van der Waals surface area contributed by atoms with Crippen molar-refractivity contribution < 1.29 is 18.8 Å². The first-order chi connectivity index (χ1) is 12.5. The van der Waals surface area contributed by atoms with Gasteiger partial charge in [-0.25, -0.2) is 0 Å². The highest BCUT2D eigenvalue weighted by atomic mass is 32.2. The summed E-state index contributed by atoms with van der Waals surface area (Å²) < 4.78 is 15.1. The lowest BCUT2D eigenvalue weighted by Gasteiger charge is -2.10. The summed E-state index contributed by atoms with van der Waals surface area (Å²) in [5, 5.41) is 0. The van der Waals surface area contributed by atoms with E-state index in [2.05, 4.69) is 9.32 Å². The molecule has 0 aliphatic heterocycles. The Labute approximate surface area is 159 Å². The quantitative estimate of drug-likeness (QED) is 0.409. The normalized spacial score (nSPS) is 11.3. The summed E-state index contributed by atoms with van der Waals surface area (Å²) in [6.45, 7) is 6.73. The predicted molar refractivity (Wildman–Crippen MR) is 105 cm³/mol. The Morgan fingerprint density at radius 3 is 2.42 bits per heavy atom. The molecule has 0 fully saturated rings. The second kappa shape index (κ2) is 12.6. The van der Waals surface area contributed by atoms with Crippen molar-refractivity contribution in [2.45, 2.75) is 38.1 Å². The molecule has 4 N–H and O–H groups in total. The second-order valence-corrected chi connectivity index (χ2v) is 6.36. The van der Waals surface area contributed by atoms with Gasteiger partial charge in [-0.3, -0.25) is 0 Å². The van der Waals surface area contributed by atoms with Gasteiger partial charge < -0.3 is 15.2 Å². The van der Waals surface area contributed by atoms with E-state index in [9.17, 15) is 0 Å². The number of ether oxygens (including phenoxy) is 2. The van der Waals surface area contributed by atoms with Gasteiger partial charge in [-0.15, -0.1) is 9.32 Å². The van der Waals surface area contributed by atoms with Gasteiger partial charge in [0, 0.05) is 6.04 Å². The third-order valence-corrected chi connectivity index (χ3v) is 3.99. The van der Waals surface area contributed by atoms with Crippen LogP contribution < -0.4 is 21.1 Å². The molecule has 0 bridgehead atoms. The number of rotatable bonds is 8. The van der Waals surface area contributed by atoms with Gasteiger partial charge in [0.25, 0.3) is 0 Å². The summed E-state index contributed by atoms with van der Waals surface area (Å²) in [6, 6.07) is 13.9. The van der Waals surface area contributed by atoms with Gasteiger partial charge >= 0.3 is 0 Å². The number of hydrogen-bond acceptors (Lipinski definition) is 7. The molecule has 1 atom stereocenters. The average Bonchev–Trinajstić information content (AvgIpc) is 2.62. The third-order valence-electron chi connectivity index (χ3n) is 3.34. The van der Waals surface area contributed by atoms with Crippen molar-refractivity contribution >= 4 is 12.0 Å². The van der Waals surface area contributed by atoms with E-state index in [4.69, 9.17) is 21.1 Å². The Balaban J connectivity index is 0.000000289. The van der Waals surface area contributed by atoms with Gasteiger partial charge in [0.1, 0.15) is 11.5 Å². The lowest BCUT2D eigenvalue weighted by Crippen LogP contribution is -2.17. The van der Waals surface area contributed by atoms with E-state index in [1.54, 1.807) is 7.11 Å². The van der Waals surface area contributed by atoms with Crippen molar-refractivity contribution in [3.05, 3.63) is 53.6 Å². The van der Waals surface area contributed by atoms with E-state index in [1.165, 1.54) is 5.56 Å². The molecule has 2 aromatic carbocycles. The van der Waals surface area contributed by atoms with Crippen LogP contribution in [0.3, 0.4) is 0 Å². The van der Waals surface area contributed by atoms with E-state index in [-0.39, 0.29) is 6.04 Å². The predicted octanol–water partition coefficient (Wildman–Crippen LogP) is 3.81. The Hall–Kier alpha value is -1.77. The summed E-state index contributed by atoms with van der Waals surface area (Å²) >= 11 is 1.000. The van der Waals surface area contributed by atoms with Crippen LogP contribution in [0.5, 0.6) is 11.5 Å². The minimum atomic E-state index is 0.109. The van der Waals surface area contributed by atoms with Crippen LogP contribution in [0.15, 0.2) is 47.4 Å². The Kier molecular flexibility index (Phi) is 10.8. The van der Waals surface area contributed by atoms with Gasteiger partial charge in [0.2, 0.25) is 0 Å². The van der Waals surface area contributed by atoms with Crippen molar-refractivity contribution in [1.29, 1.82) is 0 Å². The van der Waals surface area contributed by atoms with Crippen molar-refractivity contribution in [1.82, 2.24) is 0 Å². The molecule has 144 valence electrons. The molecular weight excluding hydrogens is 352 g/mol. The number of nitrogens with two attached hydrogens (primary N) is 2. The van der Waals surface area contributed by atoms with Gasteiger partial charge in [0.05, 0.1) is 30.7 Å². The maximum atomic E-state index is 5.73. The molecule has 6 nitrogen and oxygen atoms in total. The van der Waals surface area contributed by atoms with Crippen LogP contribution in [-0.2, 0) is 15.7 Å². The summed E-state index contributed by atoms with van der Waals surface area (Å²) in [6.07, 6.45) is 0.793. The molecule has 0 aromatic heterocycles. The topological polar surface area (TPSA) is 89.0 Å². The molecule has 2 rings (SSSR count). The molecule has 0 spiro atoms. The molecule has 0 saturated heterocycles. The number of methoxy groups -OCH3 is 1. The van der Waals surface area contributed by atoms with Gasteiger partial charge in [-0.1, -0.05) is 24.3 Å². The molecule has 2 aromatic rings. The third kappa shape index (κ3) is 8.07. The summed E-state index contributed by atoms with van der Waals surface area (Å²) in [5.74, 6) is 6.48. The minimum Gasteiger partial charge on any atom is -0.495 e.